The smallest absolute Gasteiger partial charge is 0.273 e. The van der Waals surface area contributed by atoms with Gasteiger partial charge in [0, 0.05) is 44.5 Å². The summed E-state index contributed by atoms with van der Waals surface area (Å²) in [4.78, 5) is 27.1. The van der Waals surface area contributed by atoms with Crippen LogP contribution in [-0.2, 0) is 13.0 Å². The number of amides is 1. The van der Waals surface area contributed by atoms with Crippen LogP contribution in [0.2, 0.25) is 0 Å². The summed E-state index contributed by atoms with van der Waals surface area (Å²) < 4.78 is 6.24. The fourth-order valence-electron chi connectivity index (χ4n) is 4.32. The van der Waals surface area contributed by atoms with E-state index in [1.807, 2.05) is 11.0 Å². The average molecular weight is 399 g/mol. The molecule has 6 nitrogen and oxygen atoms in total. The van der Waals surface area contributed by atoms with Crippen molar-refractivity contribution in [2.24, 2.45) is 0 Å². The SMILES string of the molecule is O=C(c1cccnc1)N1CCc2nc(OC3CCN(C4CCC4)CC3)sc2C1. The van der Waals surface area contributed by atoms with Gasteiger partial charge in [-0.15, -0.1) is 0 Å². The Morgan fingerprint density at radius 2 is 2.04 bits per heavy atom. The highest BCUT2D eigenvalue weighted by molar-refractivity contribution is 7.13. The van der Waals surface area contributed by atoms with E-state index in [0.29, 0.717) is 18.7 Å². The van der Waals surface area contributed by atoms with Gasteiger partial charge in [0.1, 0.15) is 6.10 Å². The van der Waals surface area contributed by atoms with Crippen LogP contribution in [0, 0.1) is 0 Å². The summed E-state index contributed by atoms with van der Waals surface area (Å²) in [6, 6.07) is 4.45. The summed E-state index contributed by atoms with van der Waals surface area (Å²) in [6.07, 6.45) is 10.7. The van der Waals surface area contributed by atoms with Gasteiger partial charge >= 0.3 is 0 Å². The molecule has 2 fully saturated rings. The molecule has 1 amide bonds. The number of thiazole rings is 1. The van der Waals surface area contributed by atoms with Gasteiger partial charge in [0.2, 0.25) is 0 Å². The van der Waals surface area contributed by atoms with E-state index in [2.05, 4.69) is 9.88 Å². The van der Waals surface area contributed by atoms with Crippen LogP contribution in [0.3, 0.4) is 0 Å². The second kappa shape index (κ2) is 7.79. The van der Waals surface area contributed by atoms with Crippen molar-refractivity contribution in [3.05, 3.63) is 40.7 Å². The summed E-state index contributed by atoms with van der Waals surface area (Å²) in [7, 11) is 0. The molecule has 4 heterocycles. The minimum Gasteiger partial charge on any atom is -0.467 e. The first-order valence-corrected chi connectivity index (χ1v) is 11.2. The molecule has 28 heavy (non-hydrogen) atoms. The van der Waals surface area contributed by atoms with Crippen molar-refractivity contribution in [1.82, 2.24) is 19.8 Å². The van der Waals surface area contributed by atoms with Crippen LogP contribution in [0.4, 0.5) is 0 Å². The number of piperidine rings is 1. The Morgan fingerprint density at radius 1 is 1.18 bits per heavy atom. The van der Waals surface area contributed by atoms with Crippen molar-refractivity contribution in [3.8, 4) is 5.19 Å². The lowest BCUT2D eigenvalue weighted by atomic mass is 9.90. The normalized spacial score (nSPS) is 21.2. The number of hydrogen-bond donors (Lipinski definition) is 0. The van der Waals surface area contributed by atoms with E-state index in [0.717, 1.165) is 54.2 Å². The highest BCUT2D eigenvalue weighted by atomic mass is 32.1. The predicted molar refractivity (Wildman–Crippen MR) is 108 cm³/mol. The number of pyridine rings is 1. The van der Waals surface area contributed by atoms with Crippen LogP contribution in [-0.4, -0.2) is 57.5 Å². The number of carbonyl (C=O) groups excluding carboxylic acids is 1. The molecule has 0 bridgehead atoms. The van der Waals surface area contributed by atoms with Gasteiger partial charge in [0.05, 0.1) is 22.7 Å². The maximum absolute atomic E-state index is 12.7. The molecule has 7 heteroatoms. The zero-order chi connectivity index (χ0) is 18.9. The van der Waals surface area contributed by atoms with Gasteiger partial charge < -0.3 is 14.5 Å². The first-order chi connectivity index (χ1) is 13.8. The van der Waals surface area contributed by atoms with E-state index in [-0.39, 0.29) is 12.0 Å². The molecule has 2 aromatic rings. The molecule has 5 rings (SSSR count). The lowest BCUT2D eigenvalue weighted by Gasteiger charge is -2.41. The molecule has 0 atom stereocenters. The summed E-state index contributed by atoms with van der Waals surface area (Å²) in [5.41, 5.74) is 1.74. The van der Waals surface area contributed by atoms with Crippen LogP contribution in [0.15, 0.2) is 24.5 Å². The Kier molecular flexibility index (Phi) is 5.03. The molecule has 1 saturated heterocycles. The highest BCUT2D eigenvalue weighted by Crippen LogP contribution is 2.33. The number of rotatable bonds is 4. The van der Waals surface area contributed by atoms with Crippen LogP contribution in [0.25, 0.3) is 0 Å². The maximum Gasteiger partial charge on any atom is 0.273 e. The van der Waals surface area contributed by atoms with E-state index in [9.17, 15) is 4.79 Å². The third kappa shape index (κ3) is 3.65. The van der Waals surface area contributed by atoms with E-state index < -0.39 is 0 Å². The van der Waals surface area contributed by atoms with Crippen LogP contribution < -0.4 is 4.74 Å². The topological polar surface area (TPSA) is 58.6 Å². The van der Waals surface area contributed by atoms with Crippen LogP contribution >= 0.6 is 11.3 Å². The van der Waals surface area contributed by atoms with Crippen LogP contribution in [0.5, 0.6) is 5.19 Å². The van der Waals surface area contributed by atoms with Gasteiger partial charge in [-0.3, -0.25) is 9.78 Å². The molecule has 1 aliphatic carbocycles. The zero-order valence-electron chi connectivity index (χ0n) is 16.0. The minimum atomic E-state index is 0.0398. The first kappa shape index (κ1) is 18.1. The number of ether oxygens (including phenoxy) is 1. The molecule has 0 N–H and O–H groups in total. The molecular weight excluding hydrogens is 372 g/mol. The van der Waals surface area contributed by atoms with Crippen molar-refractivity contribution in [2.45, 2.75) is 57.2 Å². The number of likely N-dealkylation sites (tertiary alicyclic amines) is 1. The Labute approximate surface area is 169 Å². The van der Waals surface area contributed by atoms with Crippen molar-refractivity contribution in [2.75, 3.05) is 19.6 Å². The van der Waals surface area contributed by atoms with Crippen molar-refractivity contribution >= 4 is 17.2 Å². The van der Waals surface area contributed by atoms with E-state index in [1.165, 1.54) is 19.3 Å². The minimum absolute atomic E-state index is 0.0398. The van der Waals surface area contributed by atoms with E-state index in [1.54, 1.807) is 29.8 Å². The second-order valence-corrected chi connectivity index (χ2v) is 9.05. The third-order valence-corrected chi connectivity index (χ3v) is 7.22. The van der Waals surface area contributed by atoms with Crippen molar-refractivity contribution in [3.63, 3.8) is 0 Å². The quantitative estimate of drug-likeness (QED) is 0.792. The fourth-order valence-corrected chi connectivity index (χ4v) is 5.36. The lowest BCUT2D eigenvalue weighted by molar-refractivity contribution is 0.0492. The fraction of sp³-hybridized carbons (Fsp3) is 0.571. The predicted octanol–water partition coefficient (Wildman–Crippen LogP) is 3.13. The molecule has 148 valence electrons. The first-order valence-electron chi connectivity index (χ1n) is 10.3. The Balaban J connectivity index is 1.19. The highest BCUT2D eigenvalue weighted by Gasteiger charge is 2.30. The summed E-state index contributed by atoms with van der Waals surface area (Å²) in [5.74, 6) is 0.0398. The average Bonchev–Trinajstić information content (AvgIpc) is 3.09. The molecule has 3 aliphatic rings. The third-order valence-electron chi connectivity index (χ3n) is 6.24. The van der Waals surface area contributed by atoms with E-state index in [4.69, 9.17) is 9.72 Å². The largest absolute Gasteiger partial charge is 0.467 e. The molecular formula is C21H26N4O2S. The summed E-state index contributed by atoms with van der Waals surface area (Å²) in [5, 5.41) is 0.780. The molecule has 2 aliphatic heterocycles. The lowest BCUT2D eigenvalue weighted by Crippen LogP contribution is -2.46. The van der Waals surface area contributed by atoms with Gasteiger partial charge in [-0.1, -0.05) is 17.8 Å². The van der Waals surface area contributed by atoms with Crippen molar-refractivity contribution in [1.29, 1.82) is 0 Å². The Hall–Kier alpha value is -1.99. The molecule has 0 unspecified atom stereocenters. The maximum atomic E-state index is 12.7. The van der Waals surface area contributed by atoms with E-state index >= 15 is 0 Å². The molecule has 1 saturated carbocycles. The Morgan fingerprint density at radius 3 is 2.75 bits per heavy atom. The van der Waals surface area contributed by atoms with Gasteiger partial charge in [0.25, 0.3) is 11.1 Å². The number of aromatic nitrogens is 2. The molecule has 0 radical (unpaired) electrons. The monoisotopic (exact) mass is 398 g/mol. The zero-order valence-corrected chi connectivity index (χ0v) is 16.9. The number of carbonyl (C=O) groups is 1. The molecule has 2 aromatic heterocycles. The second-order valence-electron chi connectivity index (χ2n) is 8.01. The number of nitrogens with zero attached hydrogens (tertiary/aromatic N) is 4. The molecule has 0 aromatic carbocycles. The Bertz CT molecular complexity index is 828. The van der Waals surface area contributed by atoms with Gasteiger partial charge in [-0.05, 0) is 37.8 Å². The van der Waals surface area contributed by atoms with Gasteiger partial charge in [0.15, 0.2) is 0 Å². The van der Waals surface area contributed by atoms with Crippen molar-refractivity contribution < 1.29 is 9.53 Å². The van der Waals surface area contributed by atoms with Gasteiger partial charge in [-0.2, -0.15) is 0 Å². The molecule has 0 spiro atoms. The number of fused-ring (bicyclic) bond motifs is 1. The van der Waals surface area contributed by atoms with Gasteiger partial charge in [-0.25, -0.2) is 4.98 Å². The number of hydrogen-bond acceptors (Lipinski definition) is 6. The summed E-state index contributed by atoms with van der Waals surface area (Å²) in [6.45, 7) is 3.61. The standard InChI is InChI=1S/C21H26N4O2S/c26-20(15-3-2-9-22-13-15)25-12-8-18-19(14-25)28-21(23-18)27-17-6-10-24(11-7-17)16-4-1-5-16/h2-3,9,13,16-17H,1,4-8,10-12,14H2. The van der Waals surface area contributed by atoms with Crippen LogP contribution in [0.1, 0.15) is 53.0 Å². The summed E-state index contributed by atoms with van der Waals surface area (Å²) >= 11 is 1.61.